The minimum Gasteiger partial charge on any atom is -0.453 e. The van der Waals surface area contributed by atoms with Crippen LogP contribution in [0.1, 0.15) is 57.4 Å². The Balaban J connectivity index is 1.59. The second-order valence-electron chi connectivity index (χ2n) is 9.40. The van der Waals surface area contributed by atoms with E-state index in [-0.39, 0.29) is 36.5 Å². The molecular weight excluding hydrogens is 396 g/mol. The van der Waals surface area contributed by atoms with E-state index in [2.05, 4.69) is 0 Å². The smallest absolute Gasteiger partial charge is 0.307 e. The van der Waals surface area contributed by atoms with E-state index in [9.17, 15) is 19.2 Å². The van der Waals surface area contributed by atoms with E-state index < -0.39 is 29.6 Å². The van der Waals surface area contributed by atoms with Crippen molar-refractivity contribution in [3.05, 3.63) is 35.9 Å². The van der Waals surface area contributed by atoms with Gasteiger partial charge in [-0.05, 0) is 25.3 Å². The molecule has 164 valence electrons. The first-order chi connectivity index (χ1) is 14.9. The van der Waals surface area contributed by atoms with Gasteiger partial charge in [0.2, 0.25) is 11.8 Å². The quantitative estimate of drug-likeness (QED) is 0.677. The number of nitrogens with zero attached hydrogens (tertiary/aromatic N) is 2. The number of benzene rings is 1. The van der Waals surface area contributed by atoms with Gasteiger partial charge in [0.15, 0.2) is 11.6 Å². The molecule has 4 aliphatic rings. The number of Topliss-reactive ketones (excluding diaryl/α,β-unsaturated/α-hetero) is 1. The zero-order valence-electron chi connectivity index (χ0n) is 17.8. The van der Waals surface area contributed by atoms with Crippen LogP contribution in [-0.2, 0) is 30.5 Å². The number of ketones is 1. The molecule has 2 amide bonds. The van der Waals surface area contributed by atoms with Crippen molar-refractivity contribution in [1.82, 2.24) is 9.80 Å². The van der Waals surface area contributed by atoms with Crippen molar-refractivity contribution >= 4 is 23.6 Å². The summed E-state index contributed by atoms with van der Waals surface area (Å²) in [6.07, 6.45) is 4.97. The predicted molar refractivity (Wildman–Crippen MR) is 111 cm³/mol. The Labute approximate surface area is 181 Å². The zero-order chi connectivity index (χ0) is 21.8. The Bertz CT molecular complexity index is 925. The second kappa shape index (κ2) is 7.46. The summed E-state index contributed by atoms with van der Waals surface area (Å²) in [6, 6.07) is 8.14. The number of carbonyl (C=O) groups excluding carboxylic acids is 4. The number of amides is 2. The molecule has 0 bridgehead atoms. The molecule has 5 rings (SSSR count). The lowest BCUT2D eigenvalue weighted by molar-refractivity contribution is -0.155. The fourth-order valence-electron chi connectivity index (χ4n) is 6.30. The molecular formula is C24H28N2O5. The maximum atomic E-state index is 13.9. The van der Waals surface area contributed by atoms with Crippen LogP contribution in [0.25, 0.3) is 0 Å². The largest absolute Gasteiger partial charge is 0.453 e. The van der Waals surface area contributed by atoms with E-state index in [1.54, 1.807) is 9.80 Å². The SMILES string of the molecule is CC(=O)C[C@@H]1N(Cc2ccccc2)C(=O)[C@@H]2N(C3CCCCC3)C(=O)[C@@H]3CC(=O)O[C@@]123. The van der Waals surface area contributed by atoms with Crippen molar-refractivity contribution in [2.45, 2.75) is 82.1 Å². The molecule has 0 unspecified atom stereocenters. The van der Waals surface area contributed by atoms with E-state index in [0.29, 0.717) is 6.54 Å². The van der Waals surface area contributed by atoms with Crippen molar-refractivity contribution in [1.29, 1.82) is 0 Å². The van der Waals surface area contributed by atoms with E-state index in [1.165, 1.54) is 6.92 Å². The van der Waals surface area contributed by atoms with E-state index in [0.717, 1.165) is 37.7 Å². The lowest BCUT2D eigenvalue weighted by Gasteiger charge is -2.36. The Morgan fingerprint density at radius 2 is 1.77 bits per heavy atom. The number of rotatable bonds is 5. The van der Waals surface area contributed by atoms with Crippen LogP contribution in [-0.4, -0.2) is 57.1 Å². The summed E-state index contributed by atoms with van der Waals surface area (Å²) < 4.78 is 5.92. The summed E-state index contributed by atoms with van der Waals surface area (Å²) in [5.74, 6) is -1.58. The first kappa shape index (κ1) is 20.2. The lowest BCUT2D eigenvalue weighted by Crippen LogP contribution is -2.54. The fraction of sp³-hybridized carbons (Fsp3) is 0.583. The van der Waals surface area contributed by atoms with E-state index >= 15 is 0 Å². The van der Waals surface area contributed by atoms with Gasteiger partial charge in [-0.15, -0.1) is 0 Å². The van der Waals surface area contributed by atoms with Gasteiger partial charge in [-0.3, -0.25) is 19.2 Å². The Hall–Kier alpha value is -2.70. The topological polar surface area (TPSA) is 84.0 Å². The van der Waals surface area contributed by atoms with Crippen molar-refractivity contribution in [2.75, 3.05) is 0 Å². The van der Waals surface area contributed by atoms with Crippen LogP contribution in [0.3, 0.4) is 0 Å². The predicted octanol–water partition coefficient (Wildman–Crippen LogP) is 2.22. The van der Waals surface area contributed by atoms with Crippen molar-refractivity contribution in [3.63, 3.8) is 0 Å². The van der Waals surface area contributed by atoms with Crippen LogP contribution in [0.15, 0.2) is 30.3 Å². The molecule has 0 N–H and O–H groups in total. The monoisotopic (exact) mass is 424 g/mol. The minimum atomic E-state index is -1.26. The summed E-state index contributed by atoms with van der Waals surface area (Å²) >= 11 is 0. The van der Waals surface area contributed by atoms with Gasteiger partial charge < -0.3 is 14.5 Å². The highest BCUT2D eigenvalue weighted by atomic mass is 16.6. The third-order valence-corrected chi connectivity index (χ3v) is 7.52. The number of esters is 1. The van der Waals surface area contributed by atoms with Gasteiger partial charge in [-0.25, -0.2) is 0 Å². The zero-order valence-corrected chi connectivity index (χ0v) is 17.8. The Morgan fingerprint density at radius 1 is 1.06 bits per heavy atom. The molecule has 7 nitrogen and oxygen atoms in total. The highest BCUT2D eigenvalue weighted by molar-refractivity contribution is 6.02. The molecule has 4 atom stereocenters. The Morgan fingerprint density at radius 3 is 2.45 bits per heavy atom. The number of likely N-dealkylation sites (tertiary alicyclic amines) is 2. The maximum Gasteiger partial charge on any atom is 0.307 e. The Kier molecular flexibility index (Phi) is 4.87. The van der Waals surface area contributed by atoms with E-state index in [1.807, 2.05) is 30.3 Å². The fourth-order valence-corrected chi connectivity index (χ4v) is 6.30. The highest BCUT2D eigenvalue weighted by Crippen LogP contribution is 2.55. The molecule has 1 spiro atoms. The van der Waals surface area contributed by atoms with Crippen LogP contribution >= 0.6 is 0 Å². The van der Waals surface area contributed by atoms with Crippen molar-refractivity contribution in [3.8, 4) is 0 Å². The molecule has 0 aromatic heterocycles. The summed E-state index contributed by atoms with van der Waals surface area (Å²) in [7, 11) is 0. The van der Waals surface area contributed by atoms with Gasteiger partial charge in [0, 0.05) is 19.0 Å². The average molecular weight is 424 g/mol. The molecule has 3 saturated heterocycles. The second-order valence-corrected chi connectivity index (χ2v) is 9.40. The van der Waals surface area contributed by atoms with Crippen molar-refractivity contribution in [2.24, 2.45) is 5.92 Å². The van der Waals surface area contributed by atoms with E-state index in [4.69, 9.17) is 4.74 Å². The normalized spacial score (nSPS) is 32.9. The molecule has 1 saturated carbocycles. The summed E-state index contributed by atoms with van der Waals surface area (Å²) in [6.45, 7) is 1.81. The van der Waals surface area contributed by atoms with Crippen molar-refractivity contribution < 1.29 is 23.9 Å². The lowest BCUT2D eigenvalue weighted by atomic mass is 9.79. The van der Waals surface area contributed by atoms with Gasteiger partial charge >= 0.3 is 5.97 Å². The van der Waals surface area contributed by atoms with Gasteiger partial charge in [-0.2, -0.15) is 0 Å². The molecule has 0 radical (unpaired) electrons. The average Bonchev–Trinajstić information content (AvgIpc) is 3.29. The van der Waals surface area contributed by atoms with Crippen LogP contribution in [0.5, 0.6) is 0 Å². The van der Waals surface area contributed by atoms with Crippen LogP contribution in [0, 0.1) is 5.92 Å². The third-order valence-electron chi connectivity index (χ3n) is 7.52. The standard InChI is InChI=1S/C24H28N2O5/c1-15(27)12-19-24-18(13-20(28)31-24)22(29)26(17-10-6-3-7-11-17)21(24)23(30)25(19)14-16-8-4-2-5-9-16/h2,4-5,8-9,17-19,21H,3,6-7,10-14H2,1H3/t18-,19-,21-,24-/m0/s1. The summed E-state index contributed by atoms with van der Waals surface area (Å²) in [5.41, 5.74) is -0.319. The minimum absolute atomic E-state index is 0.00831. The number of hydrogen-bond acceptors (Lipinski definition) is 5. The summed E-state index contributed by atoms with van der Waals surface area (Å²) in [5, 5.41) is 0. The molecule has 1 aromatic rings. The number of carbonyl (C=O) groups is 4. The highest BCUT2D eigenvalue weighted by Gasteiger charge is 2.77. The van der Waals surface area contributed by atoms with Gasteiger partial charge in [0.05, 0.1) is 18.4 Å². The molecule has 31 heavy (non-hydrogen) atoms. The van der Waals surface area contributed by atoms with Gasteiger partial charge in [-0.1, -0.05) is 49.6 Å². The van der Waals surface area contributed by atoms with Gasteiger partial charge in [0.25, 0.3) is 0 Å². The maximum absolute atomic E-state index is 13.9. The number of ether oxygens (including phenoxy) is 1. The van der Waals surface area contributed by atoms with Gasteiger partial charge in [0.1, 0.15) is 5.78 Å². The molecule has 4 fully saturated rings. The van der Waals surface area contributed by atoms with Crippen LogP contribution in [0.4, 0.5) is 0 Å². The third kappa shape index (κ3) is 3.00. The number of hydrogen-bond donors (Lipinski definition) is 0. The first-order valence-electron chi connectivity index (χ1n) is 11.3. The first-order valence-corrected chi connectivity index (χ1v) is 11.3. The molecule has 3 heterocycles. The summed E-state index contributed by atoms with van der Waals surface area (Å²) in [4.78, 5) is 55.5. The molecule has 1 aliphatic carbocycles. The molecule has 3 aliphatic heterocycles. The van der Waals surface area contributed by atoms with Crippen LogP contribution in [0.2, 0.25) is 0 Å². The molecule has 1 aromatic carbocycles. The molecule has 7 heteroatoms. The van der Waals surface area contributed by atoms with Crippen LogP contribution < -0.4 is 0 Å².